The van der Waals surface area contributed by atoms with Gasteiger partial charge in [0.25, 0.3) is 0 Å². The van der Waals surface area contributed by atoms with E-state index >= 15 is 0 Å². The van der Waals surface area contributed by atoms with Crippen molar-refractivity contribution in [2.45, 2.75) is 101 Å². The van der Waals surface area contributed by atoms with E-state index in [-0.39, 0.29) is 11.9 Å². The molecule has 2 fully saturated rings. The molecule has 0 bridgehead atoms. The van der Waals surface area contributed by atoms with Crippen LogP contribution < -0.4 is 21.3 Å². The van der Waals surface area contributed by atoms with Crippen LogP contribution in [0, 0.1) is 0 Å². The molecule has 2 aliphatic rings. The molecule has 0 spiro atoms. The molecule has 0 aromatic rings. The third-order valence-electron chi connectivity index (χ3n) is 7.78. The highest BCUT2D eigenvalue weighted by Crippen LogP contribution is 2.33. The summed E-state index contributed by atoms with van der Waals surface area (Å²) in [5.41, 5.74) is 0. The molecule has 0 aromatic carbocycles. The summed E-state index contributed by atoms with van der Waals surface area (Å²) in [5, 5.41) is 13.0. The maximum atomic E-state index is 12.0. The van der Waals surface area contributed by atoms with Gasteiger partial charge in [-0.2, -0.15) is 11.8 Å². The van der Waals surface area contributed by atoms with E-state index in [0.29, 0.717) is 56.7 Å². The van der Waals surface area contributed by atoms with Gasteiger partial charge in [-0.05, 0) is 64.3 Å². The molecule has 2 heterocycles. The number of rotatable bonds is 29. The summed E-state index contributed by atoms with van der Waals surface area (Å²) in [7, 11) is 0. The Morgan fingerprint density at radius 3 is 1.98 bits per heavy atom. The van der Waals surface area contributed by atoms with E-state index in [9.17, 15) is 9.59 Å². The van der Waals surface area contributed by atoms with Crippen molar-refractivity contribution in [2.24, 2.45) is 0 Å². The van der Waals surface area contributed by atoms with Gasteiger partial charge in [0.2, 0.25) is 5.91 Å². The fourth-order valence-electron chi connectivity index (χ4n) is 5.21. The SMILES string of the molecule is CC/C=C\C/C=C\C/C=C\C/C=C\C/C=C\C/C=C\CCC(=O)NCCOCCOCCNCCCCC[C@@H]1SC[C@@H]2NC(=O)N[C@@H]21. The van der Waals surface area contributed by atoms with Crippen molar-refractivity contribution < 1.29 is 19.1 Å². The standard InChI is InChI=1S/C38H62N4O4S/c1-2-3-4-5-6-7-8-9-10-11-12-13-14-15-16-17-18-19-22-25-36(43)40-28-30-46-32-31-45-29-27-39-26-23-20-21-24-35-37-34(33-47-35)41-38(44)42-37/h3-4,6-7,9-10,12-13,15-16,18-19,34-35,37,39H,2,5,8,11,14,17,20-33H2,1H3,(H,40,43)(H2,41,42,44)/b4-3-,7-6-,10-9-,13-12-,16-15-,19-18-/t34-,35-,37-/m0/s1. The van der Waals surface area contributed by atoms with E-state index in [1.807, 2.05) is 11.8 Å². The van der Waals surface area contributed by atoms with Gasteiger partial charge < -0.3 is 30.7 Å². The van der Waals surface area contributed by atoms with Gasteiger partial charge in [-0.3, -0.25) is 4.79 Å². The molecule has 8 nitrogen and oxygen atoms in total. The van der Waals surface area contributed by atoms with Gasteiger partial charge in [0.15, 0.2) is 0 Å². The van der Waals surface area contributed by atoms with Crippen molar-refractivity contribution in [3.8, 4) is 0 Å². The quantitative estimate of drug-likeness (QED) is 0.0392. The molecule has 4 N–H and O–H groups in total. The largest absolute Gasteiger partial charge is 0.378 e. The van der Waals surface area contributed by atoms with Crippen LogP contribution in [0.4, 0.5) is 4.79 Å². The number of urea groups is 1. The Labute approximate surface area is 289 Å². The van der Waals surface area contributed by atoms with E-state index in [0.717, 1.165) is 70.2 Å². The summed E-state index contributed by atoms with van der Waals surface area (Å²) in [6.45, 7) is 6.78. The van der Waals surface area contributed by atoms with Crippen molar-refractivity contribution >= 4 is 23.7 Å². The smallest absolute Gasteiger partial charge is 0.315 e. The molecular weight excluding hydrogens is 609 g/mol. The second-order valence-corrected chi connectivity index (χ2v) is 13.0. The number of hydrogen-bond acceptors (Lipinski definition) is 6. The number of thioether (sulfide) groups is 1. The first-order chi connectivity index (χ1) is 23.2. The van der Waals surface area contributed by atoms with E-state index in [4.69, 9.17) is 9.47 Å². The zero-order valence-corrected chi connectivity index (χ0v) is 29.7. The number of fused-ring (bicyclic) bond motifs is 1. The minimum atomic E-state index is -0.00383. The van der Waals surface area contributed by atoms with Crippen LogP contribution in [0.3, 0.4) is 0 Å². The molecule has 47 heavy (non-hydrogen) atoms. The van der Waals surface area contributed by atoms with Gasteiger partial charge in [0.05, 0.1) is 38.5 Å². The Bertz CT molecular complexity index is 994. The molecule has 3 atom stereocenters. The molecule has 0 radical (unpaired) electrons. The fourth-order valence-corrected chi connectivity index (χ4v) is 6.76. The first-order valence-corrected chi connectivity index (χ1v) is 19.0. The molecule has 0 saturated carbocycles. The summed E-state index contributed by atoms with van der Waals surface area (Å²) in [5.74, 6) is 1.09. The molecule has 0 aromatic heterocycles. The number of nitrogens with one attached hydrogen (secondary N) is 4. The Balaban J connectivity index is 1.26. The topological polar surface area (TPSA) is 101 Å². The lowest BCUT2D eigenvalue weighted by Gasteiger charge is -2.16. The summed E-state index contributed by atoms with van der Waals surface area (Å²) in [6.07, 6.45) is 38.1. The van der Waals surface area contributed by atoms with Crippen LogP contribution in [0.1, 0.15) is 84.0 Å². The molecule has 2 rings (SSSR count). The monoisotopic (exact) mass is 670 g/mol. The highest BCUT2D eigenvalue weighted by atomic mass is 32.2. The van der Waals surface area contributed by atoms with Crippen LogP contribution in [0.15, 0.2) is 72.9 Å². The Kier molecular flexibility index (Phi) is 25.5. The second-order valence-electron chi connectivity index (χ2n) is 11.7. The summed E-state index contributed by atoms with van der Waals surface area (Å²) < 4.78 is 11.2. The van der Waals surface area contributed by atoms with Gasteiger partial charge in [0, 0.05) is 30.5 Å². The molecule has 9 heteroatoms. The van der Waals surface area contributed by atoms with Gasteiger partial charge in [-0.1, -0.05) is 92.7 Å². The highest BCUT2D eigenvalue weighted by Gasteiger charge is 2.42. The normalized spacial score (nSPS) is 19.8. The summed E-state index contributed by atoms with van der Waals surface area (Å²) in [4.78, 5) is 23.4. The molecule has 264 valence electrons. The summed E-state index contributed by atoms with van der Waals surface area (Å²) >= 11 is 1.99. The zero-order chi connectivity index (χ0) is 33.5. The number of carbonyl (C=O) groups excluding carboxylic acids is 2. The highest BCUT2D eigenvalue weighted by molar-refractivity contribution is 8.00. The minimum Gasteiger partial charge on any atom is -0.378 e. The third kappa shape index (κ3) is 22.6. The van der Waals surface area contributed by atoms with Crippen LogP contribution in [0.2, 0.25) is 0 Å². The van der Waals surface area contributed by atoms with Gasteiger partial charge >= 0.3 is 6.03 Å². The van der Waals surface area contributed by atoms with Crippen LogP contribution in [-0.2, 0) is 14.3 Å². The summed E-state index contributed by atoms with van der Waals surface area (Å²) in [6, 6.07) is 0.631. The second kappa shape index (κ2) is 29.5. The predicted octanol–water partition coefficient (Wildman–Crippen LogP) is 6.93. The maximum absolute atomic E-state index is 12.0. The van der Waals surface area contributed by atoms with Crippen molar-refractivity contribution in [1.82, 2.24) is 21.3 Å². The van der Waals surface area contributed by atoms with E-state index in [2.05, 4.69) is 101 Å². The average molecular weight is 671 g/mol. The number of ether oxygens (including phenoxy) is 2. The van der Waals surface area contributed by atoms with Gasteiger partial charge in [-0.15, -0.1) is 0 Å². The Hall–Kier alpha value is -2.59. The van der Waals surface area contributed by atoms with E-state index in [1.54, 1.807) is 0 Å². The number of allylic oxidation sites excluding steroid dienone is 12. The third-order valence-corrected chi connectivity index (χ3v) is 9.29. The maximum Gasteiger partial charge on any atom is 0.315 e. The number of unbranched alkanes of at least 4 members (excludes halogenated alkanes) is 2. The molecule has 3 amide bonds. The van der Waals surface area contributed by atoms with Crippen LogP contribution in [0.25, 0.3) is 0 Å². The number of carbonyl (C=O) groups is 2. The molecule has 2 saturated heterocycles. The van der Waals surface area contributed by atoms with Gasteiger partial charge in [0.1, 0.15) is 0 Å². The van der Waals surface area contributed by atoms with Gasteiger partial charge in [-0.25, -0.2) is 4.79 Å². The Morgan fingerprint density at radius 1 is 0.745 bits per heavy atom. The first-order valence-electron chi connectivity index (χ1n) is 17.9. The zero-order valence-electron chi connectivity index (χ0n) is 28.8. The molecule has 2 aliphatic heterocycles. The fraction of sp³-hybridized carbons (Fsp3) is 0.632. The van der Waals surface area contributed by atoms with Crippen LogP contribution >= 0.6 is 11.8 Å². The van der Waals surface area contributed by atoms with Crippen molar-refractivity contribution in [2.75, 3.05) is 51.8 Å². The van der Waals surface area contributed by atoms with E-state index < -0.39 is 0 Å². The number of hydrogen-bond donors (Lipinski definition) is 4. The predicted molar refractivity (Wildman–Crippen MR) is 199 cm³/mol. The van der Waals surface area contributed by atoms with Crippen molar-refractivity contribution in [3.05, 3.63) is 72.9 Å². The van der Waals surface area contributed by atoms with Crippen LogP contribution in [0.5, 0.6) is 0 Å². The number of amides is 3. The lowest BCUT2D eigenvalue weighted by atomic mass is 10.0. The van der Waals surface area contributed by atoms with E-state index in [1.165, 1.54) is 19.3 Å². The minimum absolute atomic E-state index is 0.00383. The molecule has 0 unspecified atom stereocenters. The molecule has 0 aliphatic carbocycles. The molecular formula is C38H62N4O4S. The Morgan fingerprint density at radius 2 is 1.34 bits per heavy atom. The lowest BCUT2D eigenvalue weighted by Crippen LogP contribution is -2.36. The van der Waals surface area contributed by atoms with Crippen LogP contribution in [-0.4, -0.2) is 81.1 Å². The lowest BCUT2D eigenvalue weighted by molar-refractivity contribution is -0.121. The van der Waals surface area contributed by atoms with Crippen molar-refractivity contribution in [3.63, 3.8) is 0 Å². The average Bonchev–Trinajstić information content (AvgIpc) is 3.63. The van der Waals surface area contributed by atoms with Crippen molar-refractivity contribution in [1.29, 1.82) is 0 Å². The first kappa shape index (κ1) is 40.6.